The zero-order chi connectivity index (χ0) is 34.6. The number of hydrogen-bond acceptors (Lipinski definition) is 3. The minimum absolute atomic E-state index is 0.808. The van der Waals surface area contributed by atoms with E-state index in [1.807, 2.05) is 0 Å². The zero-order valence-electron chi connectivity index (χ0n) is 33.2. The summed E-state index contributed by atoms with van der Waals surface area (Å²) < 4.78 is 12.5. The lowest BCUT2D eigenvalue weighted by atomic mass is 10.0. The molecule has 0 saturated heterocycles. The average molecular weight is 672 g/mol. The van der Waals surface area contributed by atoms with Crippen LogP contribution in [0.5, 0.6) is 11.5 Å². The van der Waals surface area contributed by atoms with Crippen LogP contribution in [0.25, 0.3) is 0 Å². The second-order valence-electron chi connectivity index (χ2n) is 15.4. The predicted molar refractivity (Wildman–Crippen MR) is 214 cm³/mol. The van der Waals surface area contributed by atoms with Crippen LogP contribution in [0, 0.1) is 0 Å². The Kier molecular flexibility index (Phi) is 33.2. The molecular weight excluding hydrogens is 587 g/mol. The standard InChI is InChI=1S/C45H85NO2/c1-5-7-9-11-13-15-17-19-21-23-25-27-29-31-33-35-37-47-44-39-43(42-46(3)4)40-45(41-44)48-38-36-34-32-30-28-26-24-22-20-18-16-14-12-10-8-6-2/h39-41H,5-38,42H2,1-4H3. The van der Waals surface area contributed by atoms with Crippen molar-refractivity contribution in [1.29, 1.82) is 0 Å². The van der Waals surface area contributed by atoms with Gasteiger partial charge in [0, 0.05) is 12.6 Å². The number of rotatable bonds is 38. The summed E-state index contributed by atoms with van der Waals surface area (Å²) in [6.07, 6.45) is 44.7. The summed E-state index contributed by atoms with van der Waals surface area (Å²) >= 11 is 0. The van der Waals surface area contributed by atoms with Crippen molar-refractivity contribution in [3.05, 3.63) is 23.8 Å². The highest BCUT2D eigenvalue weighted by Gasteiger charge is 2.06. The van der Waals surface area contributed by atoms with Gasteiger partial charge in [0.25, 0.3) is 0 Å². The molecule has 48 heavy (non-hydrogen) atoms. The molecule has 0 saturated carbocycles. The van der Waals surface area contributed by atoms with E-state index in [1.165, 1.54) is 198 Å². The molecule has 0 spiro atoms. The van der Waals surface area contributed by atoms with Gasteiger partial charge in [0.2, 0.25) is 0 Å². The van der Waals surface area contributed by atoms with Gasteiger partial charge in [-0.05, 0) is 44.6 Å². The molecule has 0 unspecified atom stereocenters. The Bertz CT molecular complexity index is 722. The maximum atomic E-state index is 6.23. The molecule has 3 nitrogen and oxygen atoms in total. The zero-order valence-corrected chi connectivity index (χ0v) is 33.2. The predicted octanol–water partition coefficient (Wildman–Crippen LogP) is 15.0. The van der Waals surface area contributed by atoms with Crippen molar-refractivity contribution in [2.75, 3.05) is 27.3 Å². The molecule has 1 rings (SSSR count). The summed E-state index contributed by atoms with van der Waals surface area (Å²) in [5.41, 5.74) is 1.27. The summed E-state index contributed by atoms with van der Waals surface area (Å²) in [5, 5.41) is 0. The molecule has 0 amide bonds. The molecule has 1 aromatic carbocycles. The number of nitrogens with zero attached hydrogens (tertiary/aromatic N) is 1. The van der Waals surface area contributed by atoms with Crippen molar-refractivity contribution < 1.29 is 9.47 Å². The van der Waals surface area contributed by atoms with Crippen LogP contribution < -0.4 is 9.47 Å². The Morgan fingerprint density at radius 1 is 0.354 bits per heavy atom. The monoisotopic (exact) mass is 672 g/mol. The Morgan fingerprint density at radius 3 is 0.854 bits per heavy atom. The van der Waals surface area contributed by atoms with E-state index >= 15 is 0 Å². The Morgan fingerprint density at radius 2 is 0.604 bits per heavy atom. The van der Waals surface area contributed by atoms with E-state index in [9.17, 15) is 0 Å². The lowest BCUT2D eigenvalue weighted by Gasteiger charge is -2.15. The van der Waals surface area contributed by atoms with Crippen molar-refractivity contribution in [2.45, 2.75) is 226 Å². The molecule has 0 atom stereocenters. The first kappa shape index (κ1) is 44.8. The highest BCUT2D eigenvalue weighted by molar-refractivity contribution is 5.38. The topological polar surface area (TPSA) is 21.7 Å². The molecule has 0 aliphatic heterocycles. The Hall–Kier alpha value is -1.22. The van der Waals surface area contributed by atoms with E-state index in [0.717, 1.165) is 44.1 Å². The molecule has 282 valence electrons. The van der Waals surface area contributed by atoms with Crippen LogP contribution in [0.15, 0.2) is 18.2 Å². The van der Waals surface area contributed by atoms with Crippen molar-refractivity contribution in [2.24, 2.45) is 0 Å². The molecule has 0 heterocycles. The van der Waals surface area contributed by atoms with Gasteiger partial charge in [-0.3, -0.25) is 0 Å². The fraction of sp³-hybridized carbons (Fsp3) is 0.867. The minimum atomic E-state index is 0.808. The van der Waals surface area contributed by atoms with E-state index in [0.29, 0.717) is 0 Å². The van der Waals surface area contributed by atoms with E-state index in [1.54, 1.807) is 0 Å². The van der Waals surface area contributed by atoms with Gasteiger partial charge in [-0.2, -0.15) is 0 Å². The number of unbranched alkanes of at least 4 members (excludes halogenated alkanes) is 30. The van der Waals surface area contributed by atoms with Gasteiger partial charge in [-0.15, -0.1) is 0 Å². The van der Waals surface area contributed by atoms with Gasteiger partial charge >= 0.3 is 0 Å². The quantitative estimate of drug-likeness (QED) is 0.0653. The summed E-state index contributed by atoms with van der Waals surface area (Å²) in [6.45, 7) is 7.13. The second kappa shape index (κ2) is 35.6. The first-order chi connectivity index (χ1) is 23.7. The van der Waals surface area contributed by atoms with E-state index < -0.39 is 0 Å². The smallest absolute Gasteiger partial charge is 0.123 e. The van der Waals surface area contributed by atoms with Gasteiger partial charge in [-0.25, -0.2) is 0 Å². The van der Waals surface area contributed by atoms with Gasteiger partial charge < -0.3 is 14.4 Å². The molecule has 0 bridgehead atoms. The largest absolute Gasteiger partial charge is 0.493 e. The molecule has 0 aliphatic carbocycles. The lowest BCUT2D eigenvalue weighted by Crippen LogP contribution is -2.11. The third-order valence-corrected chi connectivity index (χ3v) is 9.97. The maximum Gasteiger partial charge on any atom is 0.123 e. The van der Waals surface area contributed by atoms with E-state index in [2.05, 4.69) is 51.0 Å². The highest BCUT2D eigenvalue weighted by Crippen LogP contribution is 2.25. The van der Waals surface area contributed by atoms with Crippen LogP contribution in [0.1, 0.15) is 225 Å². The molecule has 0 radical (unpaired) electrons. The van der Waals surface area contributed by atoms with Crippen LogP contribution >= 0.6 is 0 Å². The summed E-state index contributed by atoms with van der Waals surface area (Å²) in [7, 11) is 4.25. The van der Waals surface area contributed by atoms with Crippen LogP contribution in [0.3, 0.4) is 0 Å². The van der Waals surface area contributed by atoms with Crippen LogP contribution in [0.4, 0.5) is 0 Å². The van der Waals surface area contributed by atoms with Gasteiger partial charge in [-0.1, -0.05) is 206 Å². The molecule has 0 aromatic heterocycles. The highest BCUT2D eigenvalue weighted by atomic mass is 16.5. The Labute approximate surface area is 302 Å². The SMILES string of the molecule is CCCCCCCCCCCCCCCCCCOc1cc(CN(C)C)cc(OCCCCCCCCCCCCCCCCCC)c1. The summed E-state index contributed by atoms with van der Waals surface area (Å²) in [6, 6.07) is 6.51. The molecule has 0 fully saturated rings. The molecule has 3 heteroatoms. The summed E-state index contributed by atoms with van der Waals surface area (Å²) in [5.74, 6) is 1.94. The second-order valence-corrected chi connectivity index (χ2v) is 15.4. The van der Waals surface area contributed by atoms with Gasteiger partial charge in [0.05, 0.1) is 13.2 Å². The lowest BCUT2D eigenvalue weighted by molar-refractivity contribution is 0.288. The van der Waals surface area contributed by atoms with Crippen molar-refractivity contribution >= 4 is 0 Å². The van der Waals surface area contributed by atoms with Crippen LogP contribution in [0.2, 0.25) is 0 Å². The first-order valence-corrected chi connectivity index (χ1v) is 21.7. The molecule has 0 aliphatic rings. The van der Waals surface area contributed by atoms with Gasteiger partial charge in [0.15, 0.2) is 0 Å². The fourth-order valence-electron chi connectivity index (χ4n) is 6.93. The fourth-order valence-corrected chi connectivity index (χ4v) is 6.93. The van der Waals surface area contributed by atoms with E-state index in [-0.39, 0.29) is 0 Å². The first-order valence-electron chi connectivity index (χ1n) is 21.7. The molecule has 0 N–H and O–H groups in total. The van der Waals surface area contributed by atoms with Crippen molar-refractivity contribution in [3.63, 3.8) is 0 Å². The number of hydrogen-bond donors (Lipinski definition) is 0. The Balaban J connectivity index is 2.05. The third kappa shape index (κ3) is 30.8. The summed E-state index contributed by atoms with van der Waals surface area (Å²) in [4.78, 5) is 2.22. The maximum absolute atomic E-state index is 6.23. The van der Waals surface area contributed by atoms with Crippen LogP contribution in [-0.4, -0.2) is 32.2 Å². The number of benzene rings is 1. The van der Waals surface area contributed by atoms with Gasteiger partial charge in [0.1, 0.15) is 11.5 Å². The third-order valence-electron chi connectivity index (χ3n) is 9.97. The minimum Gasteiger partial charge on any atom is -0.493 e. The van der Waals surface area contributed by atoms with Crippen molar-refractivity contribution in [3.8, 4) is 11.5 Å². The average Bonchev–Trinajstić information content (AvgIpc) is 3.07. The molecule has 1 aromatic rings. The number of ether oxygens (including phenoxy) is 2. The van der Waals surface area contributed by atoms with Crippen molar-refractivity contribution in [1.82, 2.24) is 4.90 Å². The molecular formula is C45H85NO2. The van der Waals surface area contributed by atoms with E-state index in [4.69, 9.17) is 9.47 Å². The normalized spacial score (nSPS) is 11.5. The van der Waals surface area contributed by atoms with Crippen LogP contribution in [-0.2, 0) is 6.54 Å².